The minimum absolute atomic E-state index is 0.0545. The Labute approximate surface area is 198 Å². The molecule has 1 unspecified atom stereocenters. The van der Waals surface area contributed by atoms with Crippen LogP contribution in [0.25, 0.3) is 5.57 Å². The third kappa shape index (κ3) is 4.51. The Morgan fingerprint density at radius 2 is 1.85 bits per heavy atom. The first kappa shape index (κ1) is 23.4. The van der Waals surface area contributed by atoms with Crippen molar-refractivity contribution in [2.45, 2.75) is 32.2 Å². The average Bonchev–Trinajstić information content (AvgIpc) is 3.34. The molecule has 0 spiro atoms. The van der Waals surface area contributed by atoms with E-state index in [0.717, 1.165) is 33.5 Å². The molecule has 0 radical (unpaired) electrons. The van der Waals surface area contributed by atoms with Gasteiger partial charge >= 0.3 is 0 Å². The van der Waals surface area contributed by atoms with Crippen LogP contribution in [0.15, 0.2) is 54.2 Å². The summed E-state index contributed by atoms with van der Waals surface area (Å²) in [4.78, 5) is 12.8. The smallest absolute Gasteiger partial charge is 0.221 e. The van der Waals surface area contributed by atoms with Gasteiger partial charge in [0.25, 0.3) is 0 Å². The number of halogens is 1. The summed E-state index contributed by atoms with van der Waals surface area (Å²) in [7, 11) is 4.91. The second kappa shape index (κ2) is 9.63. The van der Waals surface area contributed by atoms with Crippen molar-refractivity contribution in [1.29, 1.82) is 0 Å². The number of phenols is 1. The summed E-state index contributed by atoms with van der Waals surface area (Å²) in [5, 5.41) is 13.2. The first-order chi connectivity index (χ1) is 16.3. The number of rotatable bonds is 8. The van der Waals surface area contributed by atoms with Crippen LogP contribution in [0.1, 0.15) is 41.6 Å². The van der Waals surface area contributed by atoms with E-state index in [1.807, 2.05) is 36.9 Å². The quantitative estimate of drug-likeness (QED) is 0.507. The van der Waals surface area contributed by atoms with Gasteiger partial charge in [-0.3, -0.25) is 4.79 Å². The van der Waals surface area contributed by atoms with Crippen molar-refractivity contribution >= 4 is 11.5 Å². The fourth-order valence-electron chi connectivity index (χ4n) is 4.63. The molecule has 0 saturated carbocycles. The van der Waals surface area contributed by atoms with Crippen molar-refractivity contribution < 1.29 is 23.8 Å². The number of nitrogens with one attached hydrogen (secondary N) is 1. The SMILES string of the molecule is COc1cc(CC2=C(C)C(CC(=O)NCc3cccn3C)c3cc(F)ccc32)cc(OC)c1O. The van der Waals surface area contributed by atoms with Gasteiger partial charge in [-0.1, -0.05) is 11.6 Å². The predicted octanol–water partition coefficient (Wildman–Crippen LogP) is 4.71. The molecule has 0 fully saturated rings. The third-order valence-electron chi connectivity index (χ3n) is 6.54. The van der Waals surface area contributed by atoms with Crippen LogP contribution in [0.5, 0.6) is 17.2 Å². The lowest BCUT2D eigenvalue weighted by molar-refractivity contribution is -0.121. The number of aryl methyl sites for hydroxylation is 1. The average molecular weight is 465 g/mol. The molecule has 0 aliphatic heterocycles. The van der Waals surface area contributed by atoms with Crippen LogP contribution in [0, 0.1) is 5.82 Å². The van der Waals surface area contributed by atoms with Crippen LogP contribution in [-0.4, -0.2) is 29.8 Å². The number of carbonyl (C=O) groups is 1. The van der Waals surface area contributed by atoms with Crippen LogP contribution in [0.3, 0.4) is 0 Å². The molecule has 1 aromatic heterocycles. The van der Waals surface area contributed by atoms with E-state index in [9.17, 15) is 14.3 Å². The van der Waals surface area contributed by atoms with Crippen molar-refractivity contribution in [3.05, 3.63) is 82.4 Å². The second-order valence-electron chi connectivity index (χ2n) is 8.56. The highest BCUT2D eigenvalue weighted by molar-refractivity contribution is 5.84. The highest BCUT2D eigenvalue weighted by atomic mass is 19.1. The van der Waals surface area contributed by atoms with Crippen molar-refractivity contribution in [3.63, 3.8) is 0 Å². The number of nitrogens with zero attached hydrogens (tertiary/aromatic N) is 1. The Bertz CT molecular complexity index is 1240. The summed E-state index contributed by atoms with van der Waals surface area (Å²) in [6, 6.07) is 12.2. The highest BCUT2D eigenvalue weighted by Crippen LogP contribution is 2.46. The van der Waals surface area contributed by atoms with Crippen molar-refractivity contribution in [3.8, 4) is 17.2 Å². The maximum absolute atomic E-state index is 14.2. The van der Waals surface area contributed by atoms with Gasteiger partial charge in [-0.2, -0.15) is 0 Å². The molecule has 1 aliphatic carbocycles. The van der Waals surface area contributed by atoms with E-state index >= 15 is 0 Å². The largest absolute Gasteiger partial charge is 0.502 e. The standard InChI is InChI=1S/C27H29FN2O4/c1-16-21(10-17-11-24(33-3)27(32)25(12-17)34-4)20-8-7-18(28)13-23(20)22(16)14-26(31)29-15-19-6-5-9-30(19)2/h5-9,11-13,22,32H,10,14-15H2,1-4H3,(H,29,31). The molecule has 4 rings (SSSR count). The van der Waals surface area contributed by atoms with Gasteiger partial charge < -0.3 is 24.5 Å². The number of phenolic OH excluding ortho intramolecular Hbond substituents is 1. The van der Waals surface area contributed by atoms with Gasteiger partial charge in [0.1, 0.15) is 5.82 Å². The van der Waals surface area contributed by atoms with Crippen LogP contribution >= 0.6 is 0 Å². The Hall–Kier alpha value is -3.74. The molecule has 3 aromatic rings. The summed E-state index contributed by atoms with van der Waals surface area (Å²) < 4.78 is 26.7. The molecule has 0 bridgehead atoms. The molecule has 178 valence electrons. The van der Waals surface area contributed by atoms with Gasteiger partial charge in [-0.05, 0) is 72.0 Å². The third-order valence-corrected chi connectivity index (χ3v) is 6.54. The Morgan fingerprint density at radius 1 is 1.15 bits per heavy atom. The summed E-state index contributed by atoms with van der Waals surface area (Å²) in [6.07, 6.45) is 2.70. The molecule has 6 nitrogen and oxygen atoms in total. The maximum Gasteiger partial charge on any atom is 0.221 e. The minimum atomic E-state index is -0.324. The summed E-state index contributed by atoms with van der Waals surface area (Å²) in [5.74, 6) is -0.0378. The Kier molecular flexibility index (Phi) is 6.63. The minimum Gasteiger partial charge on any atom is -0.502 e. The molecular weight excluding hydrogens is 435 g/mol. The fourth-order valence-corrected chi connectivity index (χ4v) is 4.63. The van der Waals surface area contributed by atoms with E-state index in [4.69, 9.17) is 9.47 Å². The Balaban J connectivity index is 1.61. The number of allylic oxidation sites excluding steroid dienone is 2. The number of fused-ring (bicyclic) bond motifs is 1. The molecule has 1 aliphatic rings. The first-order valence-electron chi connectivity index (χ1n) is 11.1. The summed E-state index contributed by atoms with van der Waals surface area (Å²) in [6.45, 7) is 2.44. The lowest BCUT2D eigenvalue weighted by Crippen LogP contribution is -2.25. The first-order valence-corrected chi connectivity index (χ1v) is 11.1. The number of methoxy groups -OCH3 is 2. The second-order valence-corrected chi connectivity index (χ2v) is 8.56. The Morgan fingerprint density at radius 3 is 2.47 bits per heavy atom. The van der Waals surface area contributed by atoms with Gasteiger partial charge in [0.2, 0.25) is 11.7 Å². The van der Waals surface area contributed by atoms with E-state index in [-0.39, 0.29) is 29.8 Å². The van der Waals surface area contributed by atoms with Gasteiger partial charge in [0.05, 0.1) is 20.8 Å². The lowest BCUT2D eigenvalue weighted by Gasteiger charge is -2.15. The number of ether oxygens (including phenoxy) is 2. The van der Waals surface area contributed by atoms with E-state index in [1.165, 1.54) is 26.4 Å². The van der Waals surface area contributed by atoms with Crippen molar-refractivity contribution in [2.24, 2.45) is 7.05 Å². The predicted molar refractivity (Wildman–Crippen MR) is 129 cm³/mol. The molecule has 7 heteroatoms. The molecular formula is C27H29FN2O4. The van der Waals surface area contributed by atoms with E-state index in [1.54, 1.807) is 18.2 Å². The zero-order valence-electron chi connectivity index (χ0n) is 19.8. The monoisotopic (exact) mass is 464 g/mol. The van der Waals surface area contributed by atoms with Gasteiger partial charge in [0, 0.05) is 31.3 Å². The fraction of sp³-hybridized carbons (Fsp3) is 0.296. The van der Waals surface area contributed by atoms with Crippen LogP contribution < -0.4 is 14.8 Å². The zero-order chi connectivity index (χ0) is 24.4. The molecule has 1 heterocycles. The van der Waals surface area contributed by atoms with Crippen LogP contribution in [-0.2, 0) is 24.8 Å². The number of benzene rings is 2. The maximum atomic E-state index is 14.2. The molecule has 1 atom stereocenters. The van der Waals surface area contributed by atoms with Crippen LogP contribution in [0.4, 0.5) is 4.39 Å². The highest BCUT2D eigenvalue weighted by Gasteiger charge is 2.31. The van der Waals surface area contributed by atoms with Crippen molar-refractivity contribution in [2.75, 3.05) is 14.2 Å². The lowest BCUT2D eigenvalue weighted by atomic mass is 9.92. The van der Waals surface area contributed by atoms with Crippen LogP contribution in [0.2, 0.25) is 0 Å². The van der Waals surface area contributed by atoms with E-state index in [0.29, 0.717) is 24.5 Å². The van der Waals surface area contributed by atoms with Gasteiger partial charge in [0.15, 0.2) is 11.5 Å². The van der Waals surface area contributed by atoms with E-state index < -0.39 is 0 Å². The number of aromatic nitrogens is 1. The van der Waals surface area contributed by atoms with E-state index in [2.05, 4.69) is 5.32 Å². The number of aromatic hydroxyl groups is 1. The molecule has 1 amide bonds. The molecule has 2 N–H and O–H groups in total. The summed E-state index contributed by atoms with van der Waals surface area (Å²) in [5.41, 5.74) is 5.70. The number of hydrogen-bond acceptors (Lipinski definition) is 4. The topological polar surface area (TPSA) is 72.7 Å². The normalized spacial score (nSPS) is 14.8. The van der Waals surface area contributed by atoms with Crippen molar-refractivity contribution in [1.82, 2.24) is 9.88 Å². The molecule has 34 heavy (non-hydrogen) atoms. The number of hydrogen-bond donors (Lipinski definition) is 2. The number of carbonyl (C=O) groups excluding carboxylic acids is 1. The van der Waals surface area contributed by atoms with Gasteiger partial charge in [-0.25, -0.2) is 4.39 Å². The zero-order valence-corrected chi connectivity index (χ0v) is 19.8. The number of amides is 1. The van der Waals surface area contributed by atoms with Gasteiger partial charge in [-0.15, -0.1) is 0 Å². The summed E-state index contributed by atoms with van der Waals surface area (Å²) >= 11 is 0. The molecule has 2 aromatic carbocycles. The molecule has 0 saturated heterocycles.